The maximum absolute atomic E-state index is 12.5. The minimum atomic E-state index is -0.634. The third kappa shape index (κ3) is 6.84. The van der Waals surface area contributed by atoms with Gasteiger partial charge >= 0.3 is 11.9 Å². The van der Waals surface area contributed by atoms with Gasteiger partial charge in [0.25, 0.3) is 0 Å². The summed E-state index contributed by atoms with van der Waals surface area (Å²) < 4.78 is 10.5. The van der Waals surface area contributed by atoms with Crippen LogP contribution in [0.25, 0.3) is 11.3 Å². The number of nitrogens with zero attached hydrogens (tertiary/aromatic N) is 4. The maximum atomic E-state index is 12.5. The first-order valence-electron chi connectivity index (χ1n) is 11.3. The monoisotopic (exact) mass is 488 g/mol. The molecule has 0 fully saturated rings. The first-order chi connectivity index (χ1) is 17.1. The molecule has 0 aliphatic carbocycles. The number of hydrogen-bond donors (Lipinski definition) is 2. The van der Waals surface area contributed by atoms with Crippen LogP contribution in [0.3, 0.4) is 0 Å². The van der Waals surface area contributed by atoms with Crippen molar-refractivity contribution in [1.82, 2.24) is 15.0 Å². The van der Waals surface area contributed by atoms with Crippen LogP contribution in [-0.2, 0) is 9.47 Å². The van der Waals surface area contributed by atoms with Crippen LogP contribution in [0.1, 0.15) is 65.8 Å². The predicted octanol–water partition coefficient (Wildman–Crippen LogP) is 3.65. The number of rotatable bonds is 8. The Hall–Kier alpha value is -4.36. The van der Waals surface area contributed by atoms with Crippen LogP contribution in [-0.4, -0.2) is 45.6 Å². The highest BCUT2D eigenvalue weighted by Gasteiger charge is 2.21. The third-order valence-electron chi connectivity index (χ3n) is 4.82. The average molecular weight is 489 g/mol. The lowest BCUT2D eigenvalue weighted by atomic mass is 10.0. The molecule has 0 saturated carbocycles. The highest BCUT2D eigenvalue weighted by atomic mass is 16.6. The van der Waals surface area contributed by atoms with E-state index in [-0.39, 0.29) is 18.7 Å². The van der Waals surface area contributed by atoms with Crippen molar-refractivity contribution in [2.24, 2.45) is 5.73 Å². The molecule has 36 heavy (non-hydrogen) atoms. The number of esters is 2. The number of ether oxygens (including phenoxy) is 2. The van der Waals surface area contributed by atoms with Gasteiger partial charge in [0.1, 0.15) is 22.8 Å². The van der Waals surface area contributed by atoms with Gasteiger partial charge in [0, 0.05) is 24.5 Å². The normalized spacial score (nSPS) is 11.8. The summed E-state index contributed by atoms with van der Waals surface area (Å²) in [5.41, 5.74) is 7.73. The van der Waals surface area contributed by atoms with E-state index >= 15 is 0 Å². The Kier molecular flexibility index (Phi) is 8.30. The highest BCUT2D eigenvalue weighted by molar-refractivity contribution is 5.95. The molecular weight excluding hydrogens is 460 g/mol. The van der Waals surface area contributed by atoms with Crippen molar-refractivity contribution in [3.05, 3.63) is 71.3 Å². The number of carbonyl (C=O) groups excluding carboxylic acids is 2. The minimum absolute atomic E-state index is 0.199. The molecule has 0 saturated heterocycles. The zero-order valence-corrected chi connectivity index (χ0v) is 20.6. The zero-order valence-electron chi connectivity index (χ0n) is 20.6. The van der Waals surface area contributed by atoms with E-state index in [2.05, 4.69) is 26.3 Å². The molecule has 2 aromatic heterocycles. The number of benzene rings is 1. The van der Waals surface area contributed by atoms with Crippen molar-refractivity contribution in [1.29, 1.82) is 5.26 Å². The van der Waals surface area contributed by atoms with Crippen LogP contribution in [0, 0.1) is 11.3 Å². The molecule has 1 unspecified atom stereocenters. The van der Waals surface area contributed by atoms with Crippen molar-refractivity contribution < 1.29 is 19.1 Å². The van der Waals surface area contributed by atoms with Gasteiger partial charge in [0.2, 0.25) is 0 Å². The molecule has 10 heteroatoms. The quantitative estimate of drug-likeness (QED) is 0.449. The summed E-state index contributed by atoms with van der Waals surface area (Å²) in [5.74, 6) is -0.193. The zero-order chi connectivity index (χ0) is 26.3. The van der Waals surface area contributed by atoms with E-state index in [1.54, 1.807) is 64.1 Å². The standard InChI is InChI=1S/C26H28N6O4/c1-5-35-25(34)19-14-31-23(32-22(19)17-8-6-16(12-27)7-9-17)20(28)15-30-21-11-10-18(13-29-21)24(33)36-26(2,3)4/h6-11,13-14,20H,5,15,28H2,1-4H3,(H,29,30). The summed E-state index contributed by atoms with van der Waals surface area (Å²) in [6.45, 7) is 7.54. The Bertz CT molecular complexity index is 1260. The van der Waals surface area contributed by atoms with Crippen molar-refractivity contribution >= 4 is 17.8 Å². The smallest absolute Gasteiger partial charge is 0.341 e. The molecule has 0 aliphatic heterocycles. The van der Waals surface area contributed by atoms with Gasteiger partial charge in [-0.3, -0.25) is 0 Å². The van der Waals surface area contributed by atoms with Gasteiger partial charge in [0.05, 0.1) is 35.5 Å². The fourth-order valence-electron chi connectivity index (χ4n) is 3.12. The van der Waals surface area contributed by atoms with E-state index in [9.17, 15) is 9.59 Å². The maximum Gasteiger partial charge on any atom is 0.341 e. The molecule has 10 nitrogen and oxygen atoms in total. The Balaban J connectivity index is 1.77. The van der Waals surface area contributed by atoms with Crippen LogP contribution in [0.15, 0.2) is 48.8 Å². The van der Waals surface area contributed by atoms with Gasteiger partial charge < -0.3 is 20.5 Å². The Morgan fingerprint density at radius 2 is 1.81 bits per heavy atom. The molecule has 186 valence electrons. The SMILES string of the molecule is CCOC(=O)c1cnc(C(N)CNc2ccc(C(=O)OC(C)(C)C)cn2)nc1-c1ccc(C#N)cc1. The number of hydrogen-bond acceptors (Lipinski definition) is 10. The Morgan fingerprint density at radius 3 is 2.39 bits per heavy atom. The molecule has 1 atom stereocenters. The molecule has 1 aromatic carbocycles. The summed E-state index contributed by atoms with van der Waals surface area (Å²) >= 11 is 0. The van der Waals surface area contributed by atoms with Crippen LogP contribution in [0.4, 0.5) is 5.82 Å². The van der Waals surface area contributed by atoms with Gasteiger partial charge in [-0.2, -0.15) is 5.26 Å². The minimum Gasteiger partial charge on any atom is -0.462 e. The largest absolute Gasteiger partial charge is 0.462 e. The van der Waals surface area contributed by atoms with Crippen LogP contribution in [0.5, 0.6) is 0 Å². The molecule has 3 N–H and O–H groups in total. The summed E-state index contributed by atoms with van der Waals surface area (Å²) in [7, 11) is 0. The molecule has 0 aliphatic rings. The lowest BCUT2D eigenvalue weighted by Gasteiger charge is -2.19. The highest BCUT2D eigenvalue weighted by Crippen LogP contribution is 2.24. The van der Waals surface area contributed by atoms with Crippen LogP contribution < -0.4 is 11.1 Å². The van der Waals surface area contributed by atoms with Crippen molar-refractivity contribution in [2.75, 3.05) is 18.5 Å². The molecule has 0 radical (unpaired) electrons. The third-order valence-corrected chi connectivity index (χ3v) is 4.82. The van der Waals surface area contributed by atoms with E-state index < -0.39 is 23.6 Å². The number of nitrogens with one attached hydrogen (secondary N) is 1. The van der Waals surface area contributed by atoms with E-state index in [0.717, 1.165) is 0 Å². The summed E-state index contributed by atoms with van der Waals surface area (Å²) in [4.78, 5) is 37.7. The van der Waals surface area contributed by atoms with Gasteiger partial charge in [-0.05, 0) is 52.0 Å². The molecule has 3 rings (SSSR count). The van der Waals surface area contributed by atoms with Crippen molar-refractivity contribution in [3.63, 3.8) is 0 Å². The van der Waals surface area contributed by atoms with Crippen molar-refractivity contribution in [3.8, 4) is 17.3 Å². The Labute approximate surface area is 209 Å². The fraction of sp³-hybridized carbons (Fsp3) is 0.308. The van der Waals surface area contributed by atoms with Gasteiger partial charge in [-0.25, -0.2) is 24.5 Å². The molecule has 0 spiro atoms. The number of aromatic nitrogens is 3. The number of pyridine rings is 1. The lowest BCUT2D eigenvalue weighted by molar-refractivity contribution is 0.00688. The molecule has 0 bridgehead atoms. The Morgan fingerprint density at radius 1 is 1.08 bits per heavy atom. The van der Waals surface area contributed by atoms with Gasteiger partial charge in [0.15, 0.2) is 0 Å². The molecule has 3 aromatic rings. The molecule has 0 amide bonds. The number of nitriles is 1. The first-order valence-corrected chi connectivity index (χ1v) is 11.3. The second-order valence-corrected chi connectivity index (χ2v) is 8.82. The number of anilines is 1. The summed E-state index contributed by atoms with van der Waals surface area (Å²) in [6, 6.07) is 11.4. The fourth-order valence-corrected chi connectivity index (χ4v) is 3.12. The van der Waals surface area contributed by atoms with Gasteiger partial charge in [-0.15, -0.1) is 0 Å². The lowest BCUT2D eigenvalue weighted by Crippen LogP contribution is -2.25. The summed E-state index contributed by atoms with van der Waals surface area (Å²) in [6.07, 6.45) is 2.82. The van der Waals surface area contributed by atoms with Crippen LogP contribution in [0.2, 0.25) is 0 Å². The topological polar surface area (TPSA) is 153 Å². The van der Waals surface area contributed by atoms with E-state index in [4.69, 9.17) is 20.5 Å². The van der Waals surface area contributed by atoms with Crippen LogP contribution >= 0.6 is 0 Å². The van der Waals surface area contributed by atoms with Crippen molar-refractivity contribution in [2.45, 2.75) is 39.3 Å². The van der Waals surface area contributed by atoms with Gasteiger partial charge in [-0.1, -0.05) is 12.1 Å². The first kappa shape index (κ1) is 26.2. The second-order valence-electron chi connectivity index (χ2n) is 8.82. The number of carbonyl (C=O) groups is 2. The number of nitrogens with two attached hydrogens (primary N) is 1. The molecular formula is C26H28N6O4. The average Bonchev–Trinajstić information content (AvgIpc) is 2.86. The second kappa shape index (κ2) is 11.4. The predicted molar refractivity (Wildman–Crippen MR) is 133 cm³/mol. The summed E-state index contributed by atoms with van der Waals surface area (Å²) in [5, 5.41) is 12.2. The van der Waals surface area contributed by atoms with E-state index in [1.165, 1.54) is 12.4 Å². The van der Waals surface area contributed by atoms with E-state index in [1.807, 2.05) is 0 Å². The van der Waals surface area contributed by atoms with E-state index in [0.29, 0.717) is 34.0 Å². The molecule has 2 heterocycles.